The van der Waals surface area contributed by atoms with E-state index in [9.17, 15) is 9.59 Å². The van der Waals surface area contributed by atoms with Crippen LogP contribution in [0.3, 0.4) is 0 Å². The van der Waals surface area contributed by atoms with E-state index >= 15 is 0 Å². The summed E-state index contributed by atoms with van der Waals surface area (Å²) in [6, 6.07) is 9.66. The minimum Gasteiger partial charge on any atom is -0.446 e. The number of amides is 2. The second kappa shape index (κ2) is 9.58. The molecule has 1 aromatic carbocycles. The second-order valence-electron chi connectivity index (χ2n) is 5.37. The van der Waals surface area contributed by atoms with Crippen LogP contribution in [0.15, 0.2) is 41.0 Å². The monoisotopic (exact) mass is 345 g/mol. The van der Waals surface area contributed by atoms with Gasteiger partial charge in [0.2, 0.25) is 11.8 Å². The van der Waals surface area contributed by atoms with Crippen LogP contribution < -0.4 is 5.32 Å². The van der Waals surface area contributed by atoms with Gasteiger partial charge in [-0.15, -0.1) is 0 Å². The Kier molecular flexibility index (Phi) is 7.16. The normalized spacial score (nSPS) is 10.5. The third-order valence-electron chi connectivity index (χ3n) is 3.52. The van der Waals surface area contributed by atoms with Gasteiger partial charge in [-0.25, -0.2) is 4.98 Å². The van der Waals surface area contributed by atoms with Gasteiger partial charge in [0.15, 0.2) is 5.69 Å². The van der Waals surface area contributed by atoms with Gasteiger partial charge < -0.3 is 19.4 Å². The predicted octanol–water partition coefficient (Wildman–Crippen LogP) is 1.99. The molecule has 134 valence electrons. The van der Waals surface area contributed by atoms with Crippen molar-refractivity contribution in [2.75, 3.05) is 19.7 Å². The Hall–Kier alpha value is -2.67. The van der Waals surface area contributed by atoms with Gasteiger partial charge in [0.1, 0.15) is 12.9 Å². The summed E-state index contributed by atoms with van der Waals surface area (Å²) in [6.45, 7) is 5.25. The summed E-state index contributed by atoms with van der Waals surface area (Å²) in [4.78, 5) is 29.6. The Bertz CT molecular complexity index is 685. The minimum absolute atomic E-state index is 0.0212. The topological polar surface area (TPSA) is 84.7 Å². The molecule has 25 heavy (non-hydrogen) atoms. The molecule has 0 bridgehead atoms. The molecule has 0 saturated carbocycles. The van der Waals surface area contributed by atoms with Crippen molar-refractivity contribution in [2.24, 2.45) is 0 Å². The van der Waals surface area contributed by atoms with E-state index < -0.39 is 0 Å². The molecular formula is C18H23N3O4. The first-order chi connectivity index (χ1) is 12.1. The highest BCUT2D eigenvalue weighted by Crippen LogP contribution is 2.07. The van der Waals surface area contributed by atoms with E-state index in [1.165, 1.54) is 6.26 Å². The van der Waals surface area contributed by atoms with Crippen molar-refractivity contribution in [3.05, 3.63) is 53.7 Å². The third-order valence-corrected chi connectivity index (χ3v) is 3.52. The number of carbonyl (C=O) groups excluding carboxylic acids is 2. The molecule has 1 N–H and O–H groups in total. The highest BCUT2D eigenvalue weighted by molar-refractivity contribution is 5.91. The fourth-order valence-electron chi connectivity index (χ4n) is 2.20. The molecule has 0 saturated heterocycles. The Morgan fingerprint density at radius 3 is 2.68 bits per heavy atom. The lowest BCUT2D eigenvalue weighted by Gasteiger charge is -2.19. The van der Waals surface area contributed by atoms with Crippen molar-refractivity contribution >= 4 is 11.8 Å². The fraction of sp³-hybridized carbons (Fsp3) is 0.389. The summed E-state index contributed by atoms with van der Waals surface area (Å²) in [5, 5.41) is 2.65. The van der Waals surface area contributed by atoms with Crippen molar-refractivity contribution < 1.29 is 18.7 Å². The smallest absolute Gasteiger partial charge is 0.273 e. The van der Waals surface area contributed by atoms with Crippen molar-refractivity contribution in [1.82, 2.24) is 15.2 Å². The van der Waals surface area contributed by atoms with Crippen molar-refractivity contribution in [3.63, 3.8) is 0 Å². The van der Waals surface area contributed by atoms with E-state index in [0.717, 1.165) is 5.56 Å². The maximum absolute atomic E-state index is 12.3. The van der Waals surface area contributed by atoms with Crippen molar-refractivity contribution in [2.45, 2.75) is 27.0 Å². The van der Waals surface area contributed by atoms with Crippen molar-refractivity contribution in [1.29, 1.82) is 0 Å². The SMILES string of the molecule is CCNC(=O)c1coc(CN(CC)C(=O)COCc2ccccc2)n1. The molecule has 7 heteroatoms. The molecule has 1 heterocycles. The molecule has 2 rings (SSSR count). The number of benzene rings is 1. The van der Waals surface area contributed by atoms with Crippen LogP contribution in [0.4, 0.5) is 0 Å². The lowest BCUT2D eigenvalue weighted by molar-refractivity contribution is -0.137. The summed E-state index contributed by atoms with van der Waals surface area (Å²) >= 11 is 0. The van der Waals surface area contributed by atoms with E-state index in [1.807, 2.05) is 44.2 Å². The van der Waals surface area contributed by atoms with Gasteiger partial charge in [-0.3, -0.25) is 9.59 Å². The second-order valence-corrected chi connectivity index (χ2v) is 5.37. The zero-order chi connectivity index (χ0) is 18.1. The molecular weight excluding hydrogens is 322 g/mol. The highest BCUT2D eigenvalue weighted by Gasteiger charge is 2.17. The third kappa shape index (κ3) is 5.72. The number of nitrogens with zero attached hydrogens (tertiary/aromatic N) is 2. The lowest BCUT2D eigenvalue weighted by atomic mass is 10.2. The van der Waals surface area contributed by atoms with Gasteiger partial charge >= 0.3 is 0 Å². The number of likely N-dealkylation sites (N-methyl/N-ethyl adjacent to an activating group) is 1. The summed E-state index contributed by atoms with van der Waals surface area (Å²) < 4.78 is 10.8. The number of carbonyl (C=O) groups is 2. The lowest BCUT2D eigenvalue weighted by Crippen LogP contribution is -2.33. The molecule has 2 amide bonds. The first kappa shape index (κ1) is 18.7. The number of oxazole rings is 1. The average molecular weight is 345 g/mol. The summed E-state index contributed by atoms with van der Waals surface area (Å²) in [6.07, 6.45) is 1.30. The van der Waals surface area contributed by atoms with Gasteiger partial charge in [0, 0.05) is 13.1 Å². The van der Waals surface area contributed by atoms with Crippen LogP contribution in [-0.2, 0) is 22.7 Å². The Morgan fingerprint density at radius 1 is 1.24 bits per heavy atom. The van der Waals surface area contributed by atoms with Gasteiger partial charge in [-0.2, -0.15) is 0 Å². The van der Waals surface area contributed by atoms with E-state index in [1.54, 1.807) is 4.90 Å². The summed E-state index contributed by atoms with van der Waals surface area (Å²) in [7, 11) is 0. The number of aromatic nitrogens is 1. The molecule has 0 spiro atoms. The van der Waals surface area contributed by atoms with E-state index in [2.05, 4.69) is 10.3 Å². The molecule has 1 aromatic heterocycles. The number of rotatable bonds is 9. The maximum Gasteiger partial charge on any atom is 0.273 e. The Balaban J connectivity index is 1.84. The van der Waals surface area contributed by atoms with Crippen LogP contribution in [0, 0.1) is 0 Å². The van der Waals surface area contributed by atoms with Crippen LogP contribution >= 0.6 is 0 Å². The molecule has 0 aliphatic rings. The molecule has 7 nitrogen and oxygen atoms in total. The van der Waals surface area contributed by atoms with Crippen LogP contribution in [0.2, 0.25) is 0 Å². The largest absolute Gasteiger partial charge is 0.446 e. The Morgan fingerprint density at radius 2 is 2.00 bits per heavy atom. The molecule has 0 aliphatic carbocycles. The number of hydrogen-bond donors (Lipinski definition) is 1. The fourth-order valence-corrected chi connectivity index (χ4v) is 2.20. The predicted molar refractivity (Wildman–Crippen MR) is 91.7 cm³/mol. The maximum atomic E-state index is 12.3. The first-order valence-corrected chi connectivity index (χ1v) is 8.26. The standard InChI is InChI=1S/C18H23N3O4/c1-3-19-18(23)15-12-25-16(20-15)10-21(4-2)17(22)13-24-11-14-8-6-5-7-9-14/h5-9,12H,3-4,10-11,13H2,1-2H3,(H,19,23). The number of ether oxygens (including phenoxy) is 1. The molecule has 0 radical (unpaired) electrons. The van der Waals surface area contributed by atoms with Gasteiger partial charge in [0.25, 0.3) is 5.91 Å². The van der Waals surface area contributed by atoms with Crippen molar-refractivity contribution in [3.8, 4) is 0 Å². The average Bonchev–Trinajstić information content (AvgIpc) is 3.09. The van der Waals surface area contributed by atoms with E-state index in [4.69, 9.17) is 9.15 Å². The molecule has 2 aromatic rings. The Labute approximate surface area is 147 Å². The van der Waals surface area contributed by atoms with E-state index in [-0.39, 0.29) is 30.7 Å². The quantitative estimate of drug-likeness (QED) is 0.751. The van der Waals surface area contributed by atoms with E-state index in [0.29, 0.717) is 25.6 Å². The zero-order valence-corrected chi connectivity index (χ0v) is 14.5. The summed E-state index contributed by atoms with van der Waals surface area (Å²) in [5.74, 6) is -0.131. The summed E-state index contributed by atoms with van der Waals surface area (Å²) in [5.41, 5.74) is 1.22. The molecule has 0 unspecified atom stereocenters. The number of nitrogens with one attached hydrogen (secondary N) is 1. The molecule has 0 fully saturated rings. The molecule has 0 aliphatic heterocycles. The van der Waals surface area contributed by atoms with Gasteiger partial charge in [0.05, 0.1) is 13.2 Å². The van der Waals surface area contributed by atoms with Crippen LogP contribution in [0.25, 0.3) is 0 Å². The van der Waals surface area contributed by atoms with Crippen LogP contribution in [0.1, 0.15) is 35.8 Å². The zero-order valence-electron chi connectivity index (χ0n) is 14.5. The number of hydrogen-bond acceptors (Lipinski definition) is 5. The highest BCUT2D eigenvalue weighted by atomic mass is 16.5. The minimum atomic E-state index is -0.293. The van der Waals surface area contributed by atoms with Gasteiger partial charge in [-0.1, -0.05) is 30.3 Å². The van der Waals surface area contributed by atoms with Gasteiger partial charge in [-0.05, 0) is 19.4 Å². The first-order valence-electron chi connectivity index (χ1n) is 8.26. The van der Waals surface area contributed by atoms with Crippen LogP contribution in [-0.4, -0.2) is 41.4 Å². The van der Waals surface area contributed by atoms with Crippen LogP contribution in [0.5, 0.6) is 0 Å². The molecule has 0 atom stereocenters.